The first kappa shape index (κ1) is 12.9. The minimum Gasteiger partial charge on any atom is -0.481 e. The number of hydrogen-bond donors (Lipinski definition) is 2. The van der Waals surface area contributed by atoms with Gasteiger partial charge in [-0.2, -0.15) is 0 Å². The highest BCUT2D eigenvalue weighted by Crippen LogP contribution is 2.18. The Labute approximate surface area is 111 Å². The molecule has 2 rings (SSSR count). The Morgan fingerprint density at radius 1 is 1.32 bits per heavy atom. The van der Waals surface area contributed by atoms with Crippen molar-refractivity contribution in [3.63, 3.8) is 0 Å². The second kappa shape index (κ2) is 5.39. The van der Waals surface area contributed by atoms with Crippen molar-refractivity contribution in [1.29, 1.82) is 0 Å². The van der Waals surface area contributed by atoms with Gasteiger partial charge in [-0.05, 0) is 30.7 Å². The zero-order valence-corrected chi connectivity index (χ0v) is 10.8. The summed E-state index contributed by atoms with van der Waals surface area (Å²) < 4.78 is 4.95. The van der Waals surface area contributed by atoms with Crippen molar-refractivity contribution in [2.24, 2.45) is 0 Å². The molecule has 5 heteroatoms. The van der Waals surface area contributed by atoms with Crippen LogP contribution in [-0.4, -0.2) is 18.0 Å². The van der Waals surface area contributed by atoms with Crippen molar-refractivity contribution in [3.05, 3.63) is 47.7 Å². The Bertz CT molecular complexity index is 594. The predicted octanol–water partition coefficient (Wildman–Crippen LogP) is 2.23. The molecule has 0 aliphatic heterocycles. The first-order valence-corrected chi connectivity index (χ1v) is 5.78. The molecule has 0 unspecified atom stereocenters. The van der Waals surface area contributed by atoms with E-state index in [1.165, 1.54) is 7.11 Å². The first-order chi connectivity index (χ1) is 9.11. The molecule has 0 saturated heterocycles. The minimum atomic E-state index is -0.211. The van der Waals surface area contributed by atoms with Crippen LogP contribution in [0.15, 0.2) is 36.5 Å². The maximum absolute atomic E-state index is 12.1. The fourth-order valence-corrected chi connectivity index (χ4v) is 1.67. The Kier molecular flexibility index (Phi) is 3.66. The van der Waals surface area contributed by atoms with Gasteiger partial charge in [-0.25, -0.2) is 4.98 Å². The zero-order chi connectivity index (χ0) is 13.8. The van der Waals surface area contributed by atoms with Crippen molar-refractivity contribution in [3.8, 4) is 5.88 Å². The highest BCUT2D eigenvalue weighted by atomic mass is 16.5. The van der Waals surface area contributed by atoms with E-state index in [9.17, 15) is 4.79 Å². The second-order valence-electron chi connectivity index (χ2n) is 4.06. The molecule has 0 aliphatic rings. The molecule has 2 aromatic rings. The molecule has 0 atom stereocenters. The monoisotopic (exact) mass is 257 g/mol. The van der Waals surface area contributed by atoms with Gasteiger partial charge in [-0.15, -0.1) is 0 Å². The Morgan fingerprint density at radius 2 is 2.11 bits per heavy atom. The molecule has 98 valence electrons. The van der Waals surface area contributed by atoms with E-state index in [2.05, 4.69) is 10.3 Å². The molecule has 1 amide bonds. The number of carbonyl (C=O) groups excluding carboxylic acids is 1. The van der Waals surface area contributed by atoms with Gasteiger partial charge in [0, 0.05) is 17.3 Å². The van der Waals surface area contributed by atoms with Crippen molar-refractivity contribution in [1.82, 2.24) is 4.98 Å². The third-order valence-electron chi connectivity index (χ3n) is 2.82. The molecule has 1 aromatic heterocycles. The quantitative estimate of drug-likeness (QED) is 0.827. The van der Waals surface area contributed by atoms with Crippen LogP contribution in [0.25, 0.3) is 0 Å². The summed E-state index contributed by atoms with van der Waals surface area (Å²) >= 11 is 0. The maximum Gasteiger partial charge on any atom is 0.256 e. The molecular formula is C14H15N3O2. The highest BCUT2D eigenvalue weighted by molar-refractivity contribution is 6.05. The summed E-state index contributed by atoms with van der Waals surface area (Å²) in [5.74, 6) is 0.287. The number of carbonyl (C=O) groups is 1. The Morgan fingerprint density at radius 3 is 2.74 bits per heavy atom. The number of nitrogens with two attached hydrogens (primary N) is 1. The van der Waals surface area contributed by atoms with Gasteiger partial charge in [-0.1, -0.05) is 6.07 Å². The topological polar surface area (TPSA) is 77.2 Å². The molecule has 0 bridgehead atoms. The highest BCUT2D eigenvalue weighted by Gasteiger charge is 2.10. The third-order valence-corrected chi connectivity index (χ3v) is 2.82. The van der Waals surface area contributed by atoms with E-state index < -0.39 is 0 Å². The molecule has 5 nitrogen and oxygen atoms in total. The fourth-order valence-electron chi connectivity index (χ4n) is 1.67. The van der Waals surface area contributed by atoms with E-state index in [1.54, 1.807) is 36.5 Å². The van der Waals surface area contributed by atoms with Crippen LogP contribution in [0.3, 0.4) is 0 Å². The minimum absolute atomic E-state index is 0.211. The summed E-state index contributed by atoms with van der Waals surface area (Å²) in [6.07, 6.45) is 1.54. The van der Waals surface area contributed by atoms with Gasteiger partial charge < -0.3 is 15.8 Å². The number of benzene rings is 1. The Hall–Kier alpha value is -2.56. The molecule has 0 spiro atoms. The number of methoxy groups -OCH3 is 1. The summed E-state index contributed by atoms with van der Waals surface area (Å²) in [5, 5.41) is 2.77. The molecular weight excluding hydrogens is 242 g/mol. The largest absolute Gasteiger partial charge is 0.481 e. The lowest BCUT2D eigenvalue weighted by Gasteiger charge is -2.09. The van der Waals surface area contributed by atoms with Crippen molar-refractivity contribution < 1.29 is 9.53 Å². The van der Waals surface area contributed by atoms with Crippen molar-refractivity contribution in [2.75, 3.05) is 18.2 Å². The van der Waals surface area contributed by atoms with Crippen LogP contribution in [0.4, 0.5) is 11.4 Å². The first-order valence-electron chi connectivity index (χ1n) is 5.78. The number of anilines is 2. The van der Waals surface area contributed by atoms with Crippen LogP contribution in [0.2, 0.25) is 0 Å². The van der Waals surface area contributed by atoms with E-state index in [1.807, 2.05) is 6.92 Å². The number of ether oxygens (including phenoxy) is 1. The number of pyridine rings is 1. The molecule has 0 radical (unpaired) electrons. The smallest absolute Gasteiger partial charge is 0.256 e. The van der Waals surface area contributed by atoms with Crippen LogP contribution in [-0.2, 0) is 0 Å². The van der Waals surface area contributed by atoms with Gasteiger partial charge >= 0.3 is 0 Å². The lowest BCUT2D eigenvalue weighted by molar-refractivity contribution is 0.102. The molecule has 0 fully saturated rings. The number of rotatable bonds is 3. The average molecular weight is 257 g/mol. The van der Waals surface area contributed by atoms with E-state index in [0.29, 0.717) is 22.8 Å². The van der Waals surface area contributed by atoms with Crippen LogP contribution in [0.5, 0.6) is 5.88 Å². The van der Waals surface area contributed by atoms with Gasteiger partial charge in [0.15, 0.2) is 0 Å². The van der Waals surface area contributed by atoms with Gasteiger partial charge in [0.1, 0.15) is 0 Å². The van der Waals surface area contributed by atoms with E-state index in [-0.39, 0.29) is 5.91 Å². The summed E-state index contributed by atoms with van der Waals surface area (Å²) in [5.41, 5.74) is 8.30. The van der Waals surface area contributed by atoms with Crippen molar-refractivity contribution >= 4 is 17.3 Å². The summed E-state index contributed by atoms with van der Waals surface area (Å²) in [6, 6.07) is 8.66. The van der Waals surface area contributed by atoms with E-state index >= 15 is 0 Å². The van der Waals surface area contributed by atoms with Gasteiger partial charge in [0.25, 0.3) is 5.91 Å². The van der Waals surface area contributed by atoms with Gasteiger partial charge in [0.05, 0.1) is 19.0 Å². The molecule has 19 heavy (non-hydrogen) atoms. The maximum atomic E-state index is 12.1. The number of nitrogen functional groups attached to an aromatic ring is 1. The van der Waals surface area contributed by atoms with Crippen LogP contribution in [0.1, 0.15) is 15.9 Å². The number of amides is 1. The van der Waals surface area contributed by atoms with Crippen LogP contribution < -0.4 is 15.8 Å². The fraction of sp³-hybridized carbons (Fsp3) is 0.143. The summed E-state index contributed by atoms with van der Waals surface area (Å²) in [4.78, 5) is 16.1. The summed E-state index contributed by atoms with van der Waals surface area (Å²) in [6.45, 7) is 1.82. The Balaban J connectivity index is 2.18. The number of nitrogens with zero attached hydrogens (tertiary/aromatic N) is 1. The molecule has 0 aliphatic carbocycles. The lowest BCUT2D eigenvalue weighted by Crippen LogP contribution is -2.14. The summed E-state index contributed by atoms with van der Waals surface area (Å²) in [7, 11) is 1.54. The SMILES string of the molecule is COc1ccc(NC(=O)c2cccc(N)c2C)cn1. The van der Waals surface area contributed by atoms with E-state index in [4.69, 9.17) is 10.5 Å². The number of nitrogens with one attached hydrogen (secondary N) is 1. The normalized spacial score (nSPS) is 10.0. The average Bonchev–Trinajstić information content (AvgIpc) is 2.42. The third kappa shape index (κ3) is 2.82. The van der Waals surface area contributed by atoms with Crippen molar-refractivity contribution in [2.45, 2.75) is 6.92 Å². The molecule has 1 aromatic carbocycles. The van der Waals surface area contributed by atoms with Gasteiger partial charge in [0.2, 0.25) is 5.88 Å². The van der Waals surface area contributed by atoms with E-state index in [0.717, 1.165) is 5.56 Å². The lowest BCUT2D eigenvalue weighted by atomic mass is 10.1. The standard InChI is InChI=1S/C14H15N3O2/c1-9-11(4-3-5-12(9)15)14(18)17-10-6-7-13(19-2)16-8-10/h3-8H,15H2,1-2H3,(H,17,18). The molecule has 3 N–H and O–H groups in total. The molecule has 1 heterocycles. The number of aromatic nitrogens is 1. The van der Waals surface area contributed by atoms with Gasteiger partial charge in [-0.3, -0.25) is 4.79 Å². The molecule has 0 saturated carbocycles. The van der Waals surface area contributed by atoms with Crippen LogP contribution >= 0.6 is 0 Å². The zero-order valence-electron chi connectivity index (χ0n) is 10.8. The number of hydrogen-bond acceptors (Lipinski definition) is 4. The predicted molar refractivity (Wildman–Crippen MR) is 74.3 cm³/mol. The second-order valence-corrected chi connectivity index (χ2v) is 4.06. The van der Waals surface area contributed by atoms with Crippen LogP contribution in [0, 0.1) is 6.92 Å².